The van der Waals surface area contributed by atoms with Crippen molar-refractivity contribution in [3.63, 3.8) is 0 Å². The van der Waals surface area contributed by atoms with Crippen molar-refractivity contribution in [2.24, 2.45) is 5.92 Å². The second-order valence-electron chi connectivity index (χ2n) is 8.26. The number of anilines is 1. The zero-order valence-corrected chi connectivity index (χ0v) is 16.9. The van der Waals surface area contributed by atoms with Crippen LogP contribution in [0.4, 0.5) is 5.82 Å². The number of amides is 1. The molecule has 156 valence electrons. The second-order valence-corrected chi connectivity index (χ2v) is 8.26. The summed E-state index contributed by atoms with van der Waals surface area (Å²) in [6, 6.07) is 10.5. The van der Waals surface area contributed by atoms with Gasteiger partial charge >= 0.3 is 0 Å². The highest BCUT2D eigenvalue weighted by molar-refractivity contribution is 5.98. The number of nitrogens with one attached hydrogen (secondary N) is 2. The summed E-state index contributed by atoms with van der Waals surface area (Å²) < 4.78 is 7.48. The van der Waals surface area contributed by atoms with Crippen LogP contribution in [-0.2, 0) is 9.53 Å². The number of H-pyrrole nitrogens is 1. The summed E-state index contributed by atoms with van der Waals surface area (Å²) in [5, 5.41) is 16.0. The quantitative estimate of drug-likeness (QED) is 0.518. The van der Waals surface area contributed by atoms with Crippen molar-refractivity contribution in [1.82, 2.24) is 25.0 Å². The third-order valence-electron chi connectivity index (χ3n) is 6.00. The number of ether oxygens (including phenoxy) is 1. The number of hydrogen-bond acceptors (Lipinski definition) is 5. The number of aromatic nitrogens is 5. The summed E-state index contributed by atoms with van der Waals surface area (Å²) in [7, 11) is 0. The zero-order chi connectivity index (χ0) is 20.8. The first kappa shape index (κ1) is 18.3. The van der Waals surface area contributed by atoms with Crippen LogP contribution in [0.3, 0.4) is 0 Å². The van der Waals surface area contributed by atoms with E-state index in [4.69, 9.17) is 4.74 Å². The predicted octanol–water partition coefficient (Wildman–Crippen LogP) is 3.80. The summed E-state index contributed by atoms with van der Waals surface area (Å²) in [5.74, 6) is 0.738. The number of nitrogens with zero attached hydrogens (tertiary/aromatic N) is 4. The van der Waals surface area contributed by atoms with E-state index in [-0.39, 0.29) is 11.8 Å². The van der Waals surface area contributed by atoms with Crippen LogP contribution >= 0.6 is 0 Å². The number of carbonyl (C=O) groups excluding carboxylic acids is 1. The molecule has 4 heterocycles. The molecule has 3 aromatic heterocycles. The first-order valence-electron chi connectivity index (χ1n) is 10.6. The van der Waals surface area contributed by atoms with Crippen molar-refractivity contribution in [3.05, 3.63) is 48.9 Å². The van der Waals surface area contributed by atoms with E-state index in [1.807, 2.05) is 29.1 Å². The van der Waals surface area contributed by atoms with Crippen molar-refractivity contribution in [2.75, 3.05) is 18.5 Å². The number of carbonyl (C=O) groups is 1. The Labute approximate surface area is 178 Å². The lowest BCUT2D eigenvalue weighted by atomic mass is 10.0. The van der Waals surface area contributed by atoms with E-state index in [1.165, 1.54) is 0 Å². The normalized spacial score (nSPS) is 18.5. The monoisotopic (exact) mass is 414 g/mol. The number of hydrogen-bond donors (Lipinski definition) is 2. The predicted molar refractivity (Wildman–Crippen MR) is 116 cm³/mol. The first-order valence-corrected chi connectivity index (χ1v) is 10.6. The third kappa shape index (κ3) is 3.48. The number of benzene rings is 1. The molecule has 1 saturated carbocycles. The molecule has 0 bridgehead atoms. The van der Waals surface area contributed by atoms with Crippen LogP contribution in [-0.4, -0.2) is 44.1 Å². The molecule has 8 heteroatoms. The van der Waals surface area contributed by atoms with Crippen LogP contribution in [0.2, 0.25) is 0 Å². The Morgan fingerprint density at radius 1 is 1.13 bits per heavy atom. The molecule has 0 radical (unpaired) electrons. The number of rotatable bonds is 5. The largest absolute Gasteiger partial charge is 0.379 e. The summed E-state index contributed by atoms with van der Waals surface area (Å²) in [6.45, 7) is 1.51. The average molecular weight is 414 g/mol. The Hall–Kier alpha value is -3.52. The molecule has 1 aromatic carbocycles. The van der Waals surface area contributed by atoms with Gasteiger partial charge in [-0.1, -0.05) is 18.2 Å². The third-order valence-corrected chi connectivity index (χ3v) is 6.00. The molecule has 1 aliphatic carbocycles. The van der Waals surface area contributed by atoms with E-state index < -0.39 is 0 Å². The topological polar surface area (TPSA) is 97.7 Å². The van der Waals surface area contributed by atoms with Crippen molar-refractivity contribution in [1.29, 1.82) is 0 Å². The fourth-order valence-corrected chi connectivity index (χ4v) is 4.04. The van der Waals surface area contributed by atoms with Crippen LogP contribution < -0.4 is 5.32 Å². The SMILES string of the molecule is O=C(Nc1cc2c(-c3cccc(-c4cnn([C@@H]5CCOC5)c4)c3)n[nH]c2cn1)C1CC1. The minimum Gasteiger partial charge on any atom is -0.379 e. The van der Waals surface area contributed by atoms with Gasteiger partial charge in [-0.3, -0.25) is 14.6 Å². The molecule has 6 rings (SSSR count). The fourth-order valence-electron chi connectivity index (χ4n) is 4.04. The van der Waals surface area contributed by atoms with Gasteiger partial charge in [0.25, 0.3) is 0 Å². The lowest BCUT2D eigenvalue weighted by Gasteiger charge is -2.07. The van der Waals surface area contributed by atoms with Gasteiger partial charge in [-0.2, -0.15) is 10.2 Å². The van der Waals surface area contributed by atoms with Crippen LogP contribution in [0.5, 0.6) is 0 Å². The van der Waals surface area contributed by atoms with E-state index in [0.29, 0.717) is 18.5 Å². The van der Waals surface area contributed by atoms with Gasteiger partial charge in [-0.15, -0.1) is 0 Å². The van der Waals surface area contributed by atoms with Gasteiger partial charge in [-0.05, 0) is 37.0 Å². The lowest BCUT2D eigenvalue weighted by Crippen LogP contribution is -2.14. The summed E-state index contributed by atoms with van der Waals surface area (Å²) in [4.78, 5) is 16.5. The molecule has 1 amide bonds. The molecular weight excluding hydrogens is 392 g/mol. The Morgan fingerprint density at radius 3 is 2.87 bits per heavy atom. The zero-order valence-electron chi connectivity index (χ0n) is 16.9. The van der Waals surface area contributed by atoms with Crippen LogP contribution in [0.15, 0.2) is 48.9 Å². The molecule has 2 aliphatic rings. The van der Waals surface area contributed by atoms with Gasteiger partial charge in [0.05, 0.1) is 30.6 Å². The van der Waals surface area contributed by atoms with Crippen molar-refractivity contribution in [3.8, 4) is 22.4 Å². The molecule has 0 spiro atoms. The summed E-state index contributed by atoms with van der Waals surface area (Å²) in [6.07, 6.45) is 8.61. The van der Waals surface area contributed by atoms with Crippen LogP contribution in [0.1, 0.15) is 25.3 Å². The van der Waals surface area contributed by atoms with Crippen LogP contribution in [0.25, 0.3) is 33.3 Å². The maximum atomic E-state index is 12.1. The maximum absolute atomic E-state index is 12.1. The summed E-state index contributed by atoms with van der Waals surface area (Å²) >= 11 is 0. The molecule has 1 aliphatic heterocycles. The van der Waals surface area contributed by atoms with E-state index in [1.54, 1.807) is 6.20 Å². The van der Waals surface area contributed by atoms with Gasteiger partial charge < -0.3 is 10.1 Å². The molecule has 2 fully saturated rings. The van der Waals surface area contributed by atoms with Crippen molar-refractivity contribution >= 4 is 22.6 Å². The highest BCUT2D eigenvalue weighted by atomic mass is 16.5. The van der Waals surface area contributed by atoms with Gasteiger partial charge in [0.1, 0.15) is 11.5 Å². The van der Waals surface area contributed by atoms with Gasteiger partial charge in [0, 0.05) is 35.2 Å². The summed E-state index contributed by atoms with van der Waals surface area (Å²) in [5.41, 5.74) is 4.80. The average Bonchev–Trinajstić information content (AvgIpc) is 3.19. The maximum Gasteiger partial charge on any atom is 0.228 e. The Morgan fingerprint density at radius 2 is 2.03 bits per heavy atom. The van der Waals surface area contributed by atoms with Gasteiger partial charge in [0.2, 0.25) is 5.91 Å². The molecule has 8 nitrogen and oxygen atoms in total. The molecular formula is C23H22N6O2. The van der Waals surface area contributed by atoms with E-state index in [9.17, 15) is 4.79 Å². The molecule has 1 saturated heterocycles. The minimum absolute atomic E-state index is 0.0450. The van der Waals surface area contributed by atoms with E-state index in [2.05, 4.69) is 43.9 Å². The smallest absolute Gasteiger partial charge is 0.228 e. The van der Waals surface area contributed by atoms with E-state index in [0.717, 1.165) is 59.2 Å². The highest BCUT2D eigenvalue weighted by Crippen LogP contribution is 2.33. The number of aromatic amines is 1. The van der Waals surface area contributed by atoms with Gasteiger partial charge in [-0.25, -0.2) is 4.98 Å². The molecule has 31 heavy (non-hydrogen) atoms. The Balaban J connectivity index is 1.32. The number of pyridine rings is 1. The second kappa shape index (κ2) is 7.31. The Kier molecular flexibility index (Phi) is 4.31. The highest BCUT2D eigenvalue weighted by Gasteiger charge is 2.30. The molecule has 1 atom stereocenters. The molecule has 2 N–H and O–H groups in total. The fraction of sp³-hybridized carbons (Fsp3) is 0.304. The van der Waals surface area contributed by atoms with E-state index >= 15 is 0 Å². The first-order chi connectivity index (χ1) is 15.2. The van der Waals surface area contributed by atoms with Crippen molar-refractivity contribution < 1.29 is 9.53 Å². The minimum atomic E-state index is 0.0450. The Bertz CT molecular complexity index is 1270. The molecule has 4 aromatic rings. The lowest BCUT2D eigenvalue weighted by molar-refractivity contribution is -0.117. The standard InChI is InChI=1S/C23H22N6O2/c30-23(14-4-5-14)26-21-9-19-20(11-24-21)27-28-22(19)16-3-1-2-15(8-16)17-10-25-29(12-17)18-6-7-31-13-18/h1-3,8-12,14,18H,4-7,13H2,(H,27,28)(H,24,26,30)/t18-/m1/s1. The van der Waals surface area contributed by atoms with Gasteiger partial charge in [0.15, 0.2) is 0 Å². The molecule has 0 unspecified atom stereocenters. The van der Waals surface area contributed by atoms with Crippen LogP contribution in [0, 0.1) is 5.92 Å². The van der Waals surface area contributed by atoms with Crippen molar-refractivity contribution in [2.45, 2.75) is 25.3 Å². The number of fused-ring (bicyclic) bond motifs is 1.